The number of benzene rings is 1. The minimum absolute atomic E-state index is 0.499. The Balaban J connectivity index is 2.95. The van der Waals surface area contributed by atoms with Gasteiger partial charge in [0.05, 0.1) is 0 Å². The van der Waals surface area contributed by atoms with E-state index in [0.29, 0.717) is 6.41 Å². The van der Waals surface area contributed by atoms with E-state index in [4.69, 9.17) is 4.78 Å². The van der Waals surface area contributed by atoms with Crippen molar-refractivity contribution in [1.29, 1.82) is 4.78 Å². The van der Waals surface area contributed by atoms with Crippen LogP contribution < -0.4 is 5.32 Å². The maximum Gasteiger partial charge on any atom is 0.211 e. The minimum Gasteiger partial charge on any atom is -0.329 e. The molecule has 4 heteroatoms. The Kier molecular flexibility index (Phi) is 2.99. The fourth-order valence-corrected chi connectivity index (χ4v) is 1.43. The molecule has 0 aliphatic rings. The fraction of sp³-hybridized carbons (Fsp3) is 0.125. The second kappa shape index (κ2) is 4.01. The number of hydrogen-bond donors (Lipinski definition) is 2. The van der Waals surface area contributed by atoms with Crippen LogP contribution in [0.2, 0.25) is 0 Å². The molecule has 3 nitrogen and oxygen atoms in total. The van der Waals surface area contributed by atoms with Gasteiger partial charge in [-0.05, 0) is 24.5 Å². The summed E-state index contributed by atoms with van der Waals surface area (Å²) < 4.78 is 7.46. The third-order valence-corrected chi connectivity index (χ3v) is 2.37. The van der Waals surface area contributed by atoms with E-state index in [1.165, 1.54) is 0 Å². The molecule has 0 aromatic heterocycles. The van der Waals surface area contributed by atoms with Crippen LogP contribution in [0, 0.1) is 4.78 Å². The van der Waals surface area contributed by atoms with E-state index in [1.807, 2.05) is 24.5 Å². The molecule has 1 rings (SSSR count). The van der Waals surface area contributed by atoms with Gasteiger partial charge in [-0.2, -0.15) is 0 Å². The highest BCUT2D eigenvalue weighted by atomic mass is 32.2. The largest absolute Gasteiger partial charge is 0.329 e. The van der Waals surface area contributed by atoms with Crippen LogP contribution in [0.5, 0.6) is 0 Å². The summed E-state index contributed by atoms with van der Waals surface area (Å²) in [7, 11) is -0.499. The van der Waals surface area contributed by atoms with E-state index in [0.717, 1.165) is 10.6 Å². The van der Waals surface area contributed by atoms with Crippen molar-refractivity contribution in [1.82, 2.24) is 0 Å². The molecule has 0 bridgehead atoms. The maximum atomic E-state index is 10.1. The van der Waals surface area contributed by atoms with Gasteiger partial charge in [-0.15, -0.1) is 0 Å². The average molecular weight is 182 g/mol. The van der Waals surface area contributed by atoms with Crippen LogP contribution in [0.15, 0.2) is 29.2 Å². The first-order valence-electron chi connectivity index (χ1n) is 3.41. The topological polar surface area (TPSA) is 53.0 Å². The smallest absolute Gasteiger partial charge is 0.211 e. The van der Waals surface area contributed by atoms with E-state index in [9.17, 15) is 4.79 Å². The SMILES string of the molecule is C[S@](=N)c1cccc(NC=O)c1. The molecule has 2 N–H and O–H groups in total. The second-order valence-corrected chi connectivity index (χ2v) is 3.79. The lowest BCUT2D eigenvalue weighted by Crippen LogP contribution is -1.94. The molecule has 0 aliphatic carbocycles. The lowest BCUT2D eigenvalue weighted by atomic mass is 10.3. The van der Waals surface area contributed by atoms with Crippen LogP contribution in [-0.4, -0.2) is 12.7 Å². The lowest BCUT2D eigenvalue weighted by Gasteiger charge is -2.01. The summed E-state index contributed by atoms with van der Waals surface area (Å²) in [6, 6.07) is 7.32. The molecule has 0 aliphatic heterocycles. The number of anilines is 1. The zero-order valence-electron chi connectivity index (χ0n) is 6.70. The van der Waals surface area contributed by atoms with E-state index in [2.05, 4.69) is 5.32 Å². The lowest BCUT2D eigenvalue weighted by molar-refractivity contribution is -0.105. The summed E-state index contributed by atoms with van der Waals surface area (Å²) in [6.07, 6.45) is 2.46. The van der Waals surface area contributed by atoms with Gasteiger partial charge in [0.15, 0.2) is 0 Å². The molecule has 1 amide bonds. The van der Waals surface area contributed by atoms with Gasteiger partial charge < -0.3 is 5.32 Å². The van der Waals surface area contributed by atoms with E-state index in [-0.39, 0.29) is 0 Å². The van der Waals surface area contributed by atoms with Crippen LogP contribution >= 0.6 is 0 Å². The van der Waals surface area contributed by atoms with Gasteiger partial charge in [-0.1, -0.05) is 16.8 Å². The molecule has 0 heterocycles. The quantitative estimate of drug-likeness (QED) is 0.686. The molecule has 0 unspecified atom stereocenters. The number of nitrogens with one attached hydrogen (secondary N) is 2. The van der Waals surface area contributed by atoms with Gasteiger partial charge in [-0.25, -0.2) is 0 Å². The van der Waals surface area contributed by atoms with Crippen molar-refractivity contribution in [2.45, 2.75) is 4.90 Å². The molecule has 1 aromatic rings. The van der Waals surface area contributed by atoms with E-state index in [1.54, 1.807) is 6.07 Å². The number of amides is 1. The van der Waals surface area contributed by atoms with Crippen molar-refractivity contribution in [3.8, 4) is 0 Å². The van der Waals surface area contributed by atoms with Crippen LogP contribution in [0.25, 0.3) is 0 Å². The van der Waals surface area contributed by atoms with Crippen molar-refractivity contribution in [3.05, 3.63) is 24.3 Å². The van der Waals surface area contributed by atoms with Crippen molar-refractivity contribution in [2.75, 3.05) is 11.6 Å². The predicted octanol–water partition coefficient (Wildman–Crippen LogP) is 1.62. The van der Waals surface area contributed by atoms with Gasteiger partial charge in [0, 0.05) is 10.6 Å². The van der Waals surface area contributed by atoms with Crippen LogP contribution in [0.1, 0.15) is 0 Å². The first-order valence-corrected chi connectivity index (χ1v) is 5.05. The van der Waals surface area contributed by atoms with Crippen LogP contribution in [0.3, 0.4) is 0 Å². The van der Waals surface area contributed by atoms with Gasteiger partial charge in [-0.3, -0.25) is 9.57 Å². The highest BCUT2D eigenvalue weighted by Gasteiger charge is 1.94. The normalized spacial score (nSPS) is 12.1. The first-order chi connectivity index (χ1) is 5.74. The molecule has 64 valence electrons. The number of carbonyl (C=O) groups excluding carboxylic acids is 1. The van der Waals surface area contributed by atoms with Crippen molar-refractivity contribution in [2.24, 2.45) is 0 Å². The Morgan fingerprint density at radius 2 is 2.33 bits per heavy atom. The third kappa shape index (κ3) is 2.17. The van der Waals surface area contributed by atoms with Gasteiger partial charge in [0.1, 0.15) is 0 Å². The first kappa shape index (κ1) is 8.93. The maximum absolute atomic E-state index is 10.1. The Morgan fingerprint density at radius 3 is 2.92 bits per heavy atom. The summed E-state index contributed by atoms with van der Waals surface area (Å²) in [5, 5.41) is 2.54. The van der Waals surface area contributed by atoms with Crippen molar-refractivity contribution >= 4 is 22.8 Å². The van der Waals surface area contributed by atoms with E-state index >= 15 is 0 Å². The highest BCUT2D eigenvalue weighted by molar-refractivity contribution is 7.85. The molecule has 1 aromatic carbocycles. The molecule has 0 saturated carbocycles. The van der Waals surface area contributed by atoms with Gasteiger partial charge >= 0.3 is 0 Å². The average Bonchev–Trinajstić information content (AvgIpc) is 2.05. The van der Waals surface area contributed by atoms with Gasteiger partial charge in [0.25, 0.3) is 0 Å². The van der Waals surface area contributed by atoms with Crippen molar-refractivity contribution in [3.63, 3.8) is 0 Å². The molecule has 0 fully saturated rings. The van der Waals surface area contributed by atoms with Crippen LogP contribution in [0.4, 0.5) is 5.69 Å². The Morgan fingerprint density at radius 1 is 1.58 bits per heavy atom. The summed E-state index contributed by atoms with van der Waals surface area (Å²) in [5.41, 5.74) is 0.745. The number of carbonyl (C=O) groups is 1. The number of rotatable bonds is 3. The third-order valence-electron chi connectivity index (χ3n) is 1.41. The van der Waals surface area contributed by atoms with Crippen LogP contribution in [-0.2, 0) is 15.5 Å². The Hall–Kier alpha value is -1.16. The second-order valence-electron chi connectivity index (χ2n) is 2.30. The summed E-state index contributed by atoms with van der Waals surface area (Å²) >= 11 is 0. The fourth-order valence-electron chi connectivity index (χ4n) is 0.844. The minimum atomic E-state index is -0.499. The summed E-state index contributed by atoms with van der Waals surface area (Å²) in [5.74, 6) is 0. The molecule has 1 atom stereocenters. The molecule has 0 saturated heterocycles. The molecular formula is C8H10N2OS. The van der Waals surface area contributed by atoms with Crippen molar-refractivity contribution < 1.29 is 4.79 Å². The van der Waals surface area contributed by atoms with Gasteiger partial charge in [0.2, 0.25) is 6.41 Å². The highest BCUT2D eigenvalue weighted by Crippen LogP contribution is 2.12. The number of hydrogen-bond acceptors (Lipinski definition) is 2. The summed E-state index contributed by atoms with van der Waals surface area (Å²) in [4.78, 5) is 11.0. The Labute approximate surface area is 73.7 Å². The molecule has 0 spiro atoms. The molecular weight excluding hydrogens is 172 g/mol. The molecule has 12 heavy (non-hydrogen) atoms. The summed E-state index contributed by atoms with van der Waals surface area (Å²) in [6.45, 7) is 0. The zero-order chi connectivity index (χ0) is 8.97. The Bertz CT molecular complexity index is 312. The monoisotopic (exact) mass is 182 g/mol. The van der Waals surface area contributed by atoms with E-state index < -0.39 is 10.7 Å². The molecule has 0 radical (unpaired) electrons. The standard InChI is InChI=1S/C8H10N2OS/c1-12(9)8-4-2-3-7(5-8)10-6-11/h2-6,9H,1H3,(H,10,11)/t12-/m0/s1. The zero-order valence-corrected chi connectivity index (χ0v) is 7.52. The predicted molar refractivity (Wildman–Crippen MR) is 50.4 cm³/mol.